The van der Waals surface area contributed by atoms with Crippen molar-refractivity contribution in [2.75, 3.05) is 11.9 Å². The molecule has 0 aliphatic heterocycles. The van der Waals surface area contributed by atoms with Crippen molar-refractivity contribution in [2.45, 2.75) is 52.9 Å². The van der Waals surface area contributed by atoms with E-state index in [0.717, 1.165) is 17.6 Å². The fraction of sp³-hybridized carbons (Fsp3) is 0.385. The van der Waals surface area contributed by atoms with Crippen LogP contribution in [0.25, 0.3) is 5.57 Å². The van der Waals surface area contributed by atoms with Gasteiger partial charge in [0.15, 0.2) is 0 Å². The number of nitrogens with one attached hydrogen (secondary N) is 1. The number of para-hydroxylation sites is 2. The van der Waals surface area contributed by atoms with Crippen LogP contribution in [0.4, 0.5) is 5.69 Å². The zero-order valence-electron chi connectivity index (χ0n) is 18.7. The molecule has 166 valence electrons. The van der Waals surface area contributed by atoms with E-state index in [1.165, 1.54) is 18.4 Å². The van der Waals surface area contributed by atoms with Gasteiger partial charge in [-0.2, -0.15) is 0 Å². The molecule has 1 unspecified atom stereocenters. The summed E-state index contributed by atoms with van der Waals surface area (Å²) < 4.78 is 5.64. The Kier molecular flexibility index (Phi) is 9.82. The Hall–Kier alpha value is -3.08. The first kappa shape index (κ1) is 24.2. The van der Waals surface area contributed by atoms with E-state index in [0.29, 0.717) is 23.8 Å². The molecule has 1 atom stereocenters. The number of carbonyl (C=O) groups excluding carboxylic acids is 1. The average Bonchev–Trinajstić information content (AvgIpc) is 2.72. The van der Waals surface area contributed by atoms with Gasteiger partial charge in [0.25, 0.3) is 0 Å². The maximum atomic E-state index is 12.5. The third-order valence-corrected chi connectivity index (χ3v) is 5.06. The van der Waals surface area contributed by atoms with Gasteiger partial charge in [-0.05, 0) is 54.5 Å². The van der Waals surface area contributed by atoms with Gasteiger partial charge < -0.3 is 15.2 Å². The largest absolute Gasteiger partial charge is 0.491 e. The van der Waals surface area contributed by atoms with E-state index < -0.39 is 5.97 Å². The number of benzene rings is 2. The van der Waals surface area contributed by atoms with Crippen molar-refractivity contribution >= 4 is 23.1 Å². The van der Waals surface area contributed by atoms with E-state index in [-0.39, 0.29) is 18.9 Å². The number of carboxylic acids is 1. The minimum absolute atomic E-state index is 0.0484. The van der Waals surface area contributed by atoms with E-state index in [9.17, 15) is 9.59 Å². The molecule has 0 saturated heterocycles. The zero-order chi connectivity index (χ0) is 22.6. The number of carbonyl (C=O) groups is 2. The minimum atomic E-state index is -0.852. The molecule has 2 rings (SSSR count). The summed E-state index contributed by atoms with van der Waals surface area (Å²) in [5.41, 5.74) is 3.77. The Morgan fingerprint density at radius 2 is 1.84 bits per heavy atom. The first-order valence-corrected chi connectivity index (χ1v) is 10.9. The van der Waals surface area contributed by atoms with E-state index >= 15 is 0 Å². The van der Waals surface area contributed by atoms with Gasteiger partial charge in [0.2, 0.25) is 5.91 Å². The van der Waals surface area contributed by atoms with Gasteiger partial charge in [-0.25, -0.2) is 0 Å². The van der Waals surface area contributed by atoms with E-state index in [1.807, 2.05) is 19.1 Å². The van der Waals surface area contributed by atoms with Crippen molar-refractivity contribution in [3.63, 3.8) is 0 Å². The number of amides is 1. The molecule has 0 heterocycles. The predicted molar refractivity (Wildman–Crippen MR) is 125 cm³/mol. The topological polar surface area (TPSA) is 75.6 Å². The second-order valence-corrected chi connectivity index (χ2v) is 7.95. The van der Waals surface area contributed by atoms with Crippen molar-refractivity contribution < 1.29 is 19.4 Å². The van der Waals surface area contributed by atoms with Crippen LogP contribution in [-0.2, 0) is 16.0 Å². The summed E-state index contributed by atoms with van der Waals surface area (Å²) >= 11 is 0. The van der Waals surface area contributed by atoms with Crippen LogP contribution in [0.3, 0.4) is 0 Å². The third-order valence-electron chi connectivity index (χ3n) is 5.06. The lowest BCUT2D eigenvalue weighted by molar-refractivity contribution is -0.137. The second-order valence-electron chi connectivity index (χ2n) is 7.95. The minimum Gasteiger partial charge on any atom is -0.491 e. The van der Waals surface area contributed by atoms with Crippen LogP contribution in [0, 0.1) is 5.92 Å². The van der Waals surface area contributed by atoms with Gasteiger partial charge in [0.1, 0.15) is 5.75 Å². The van der Waals surface area contributed by atoms with Gasteiger partial charge >= 0.3 is 5.97 Å². The molecule has 31 heavy (non-hydrogen) atoms. The number of allylic oxidation sites excluding steroid dienone is 1. The third kappa shape index (κ3) is 8.67. The van der Waals surface area contributed by atoms with E-state index in [4.69, 9.17) is 9.84 Å². The Bertz CT molecular complexity index is 887. The Morgan fingerprint density at radius 1 is 1.13 bits per heavy atom. The van der Waals surface area contributed by atoms with Crippen molar-refractivity contribution in [1.82, 2.24) is 0 Å². The molecule has 0 saturated carbocycles. The predicted octanol–water partition coefficient (Wildman–Crippen LogP) is 5.95. The first-order valence-electron chi connectivity index (χ1n) is 10.9. The van der Waals surface area contributed by atoms with Crippen LogP contribution in [0.5, 0.6) is 5.75 Å². The van der Waals surface area contributed by atoms with Crippen LogP contribution in [-0.4, -0.2) is 23.6 Å². The molecule has 0 aromatic heterocycles. The van der Waals surface area contributed by atoms with Gasteiger partial charge in [0.05, 0.1) is 12.3 Å². The van der Waals surface area contributed by atoms with Gasteiger partial charge in [-0.15, -0.1) is 0 Å². The van der Waals surface area contributed by atoms with Crippen molar-refractivity contribution in [3.05, 3.63) is 65.7 Å². The van der Waals surface area contributed by atoms with Crippen molar-refractivity contribution in [2.24, 2.45) is 5.92 Å². The Balaban J connectivity index is 1.97. The molecule has 0 radical (unpaired) electrons. The molecule has 5 heteroatoms. The standard InChI is InChI=1S/C26H33NO4/c1-4-8-19(2)17-21-12-14-22(15-13-21)20(3)18-25(28)27-23-9-5-6-10-24(23)31-16-7-11-26(29)30/h5-6,9-10,12-15,18-19H,4,7-8,11,16-17H2,1-3H3,(H,27,28)(H,29,30)/b20-18+. The van der Waals surface area contributed by atoms with Gasteiger partial charge in [-0.1, -0.05) is 63.1 Å². The summed E-state index contributed by atoms with van der Waals surface area (Å²) in [5.74, 6) is 0.108. The highest BCUT2D eigenvalue weighted by Crippen LogP contribution is 2.24. The number of hydrogen-bond acceptors (Lipinski definition) is 3. The summed E-state index contributed by atoms with van der Waals surface area (Å²) in [6.45, 7) is 6.68. The molecule has 0 aliphatic rings. The number of carboxylic acid groups (broad SMARTS) is 1. The summed E-state index contributed by atoms with van der Waals surface area (Å²) in [6.07, 6.45) is 5.53. The van der Waals surface area contributed by atoms with Crippen LogP contribution >= 0.6 is 0 Å². The highest BCUT2D eigenvalue weighted by atomic mass is 16.5. The molecular formula is C26H33NO4. The lowest BCUT2D eigenvalue weighted by Gasteiger charge is -2.12. The number of ether oxygens (including phenoxy) is 1. The summed E-state index contributed by atoms with van der Waals surface area (Å²) in [5, 5.41) is 11.6. The normalized spacial score (nSPS) is 12.3. The summed E-state index contributed by atoms with van der Waals surface area (Å²) in [7, 11) is 0. The SMILES string of the molecule is CCCC(C)Cc1ccc(/C(C)=C/C(=O)Nc2ccccc2OCCCC(=O)O)cc1. The van der Waals surface area contributed by atoms with Crippen LogP contribution in [0.1, 0.15) is 57.6 Å². The highest BCUT2D eigenvalue weighted by Gasteiger charge is 2.08. The molecule has 2 N–H and O–H groups in total. The first-order chi connectivity index (χ1) is 14.9. The average molecular weight is 424 g/mol. The van der Waals surface area contributed by atoms with Gasteiger partial charge in [0, 0.05) is 12.5 Å². The van der Waals surface area contributed by atoms with Gasteiger partial charge in [-0.3, -0.25) is 9.59 Å². The number of anilines is 1. The fourth-order valence-electron chi connectivity index (χ4n) is 3.45. The molecule has 0 spiro atoms. The Labute approximate surface area is 185 Å². The molecule has 2 aromatic carbocycles. The summed E-state index contributed by atoms with van der Waals surface area (Å²) in [6, 6.07) is 15.5. The van der Waals surface area contributed by atoms with E-state index in [2.05, 4.69) is 43.4 Å². The molecule has 0 aliphatic carbocycles. The van der Waals surface area contributed by atoms with Crippen molar-refractivity contribution in [3.8, 4) is 5.75 Å². The number of rotatable bonds is 12. The second kappa shape index (κ2) is 12.6. The quantitative estimate of drug-likeness (QED) is 0.327. The lowest BCUT2D eigenvalue weighted by Crippen LogP contribution is -2.11. The molecule has 2 aromatic rings. The summed E-state index contributed by atoms with van der Waals surface area (Å²) in [4.78, 5) is 23.1. The number of aliphatic carboxylic acids is 1. The smallest absolute Gasteiger partial charge is 0.303 e. The lowest BCUT2D eigenvalue weighted by atomic mass is 9.95. The van der Waals surface area contributed by atoms with Crippen LogP contribution < -0.4 is 10.1 Å². The molecule has 1 amide bonds. The van der Waals surface area contributed by atoms with Crippen molar-refractivity contribution in [1.29, 1.82) is 0 Å². The maximum Gasteiger partial charge on any atom is 0.303 e. The molecule has 0 fully saturated rings. The van der Waals surface area contributed by atoms with Crippen LogP contribution in [0.15, 0.2) is 54.6 Å². The highest BCUT2D eigenvalue weighted by molar-refractivity contribution is 6.04. The molecular weight excluding hydrogens is 390 g/mol. The monoisotopic (exact) mass is 423 g/mol. The van der Waals surface area contributed by atoms with E-state index in [1.54, 1.807) is 18.2 Å². The zero-order valence-corrected chi connectivity index (χ0v) is 18.7. The maximum absolute atomic E-state index is 12.5. The van der Waals surface area contributed by atoms with Crippen LogP contribution in [0.2, 0.25) is 0 Å². The Morgan fingerprint density at radius 3 is 2.52 bits per heavy atom. The number of hydrogen-bond donors (Lipinski definition) is 2. The molecule has 0 bridgehead atoms. The molecule has 5 nitrogen and oxygen atoms in total. The fourth-order valence-corrected chi connectivity index (χ4v) is 3.45.